The van der Waals surface area contributed by atoms with Gasteiger partial charge in [-0.3, -0.25) is 0 Å². The highest BCUT2D eigenvalue weighted by atomic mass is 14.7. The molecule has 228 valence electrons. The van der Waals surface area contributed by atoms with Gasteiger partial charge in [0.25, 0.3) is 0 Å². The number of fused-ring (bicyclic) bond motifs is 1. The van der Waals surface area contributed by atoms with Gasteiger partial charge in [0.1, 0.15) is 0 Å². The molecule has 0 amide bonds. The van der Waals surface area contributed by atoms with Crippen molar-refractivity contribution in [3.63, 3.8) is 0 Å². The fourth-order valence-electron chi connectivity index (χ4n) is 7.35. The average molecular weight is 614 g/mol. The van der Waals surface area contributed by atoms with Crippen LogP contribution in [0.1, 0.15) is 26.3 Å². The lowest BCUT2D eigenvalue weighted by molar-refractivity contribution is 0.591. The van der Waals surface area contributed by atoms with Gasteiger partial charge in [0.2, 0.25) is 0 Å². The molecule has 0 saturated heterocycles. The molecule has 0 atom stereocenters. The molecular formula is C47H35N. The first-order chi connectivity index (χ1) is 23.4. The molecular weight excluding hydrogens is 579 g/mol. The summed E-state index contributed by atoms with van der Waals surface area (Å²) < 4.78 is 0. The molecule has 1 heteroatoms. The van der Waals surface area contributed by atoms with Crippen LogP contribution in [0, 0.1) is 0 Å². The Morgan fingerprint density at radius 1 is 0.396 bits per heavy atom. The monoisotopic (exact) mass is 613 g/mol. The molecule has 0 aliphatic heterocycles. The predicted octanol–water partition coefficient (Wildman–Crippen LogP) is 13.1. The zero-order valence-corrected chi connectivity index (χ0v) is 27.5. The van der Waals surface area contributed by atoms with Gasteiger partial charge < -0.3 is 0 Å². The summed E-state index contributed by atoms with van der Waals surface area (Å²) in [5.74, 6) is 0. The third-order valence-corrected chi connectivity index (χ3v) is 9.98. The normalized spacial score (nSPS) is 12.1. The summed E-state index contributed by atoms with van der Waals surface area (Å²) in [4.78, 5) is 4.96. The first-order valence-electron chi connectivity index (χ1n) is 16.8. The molecule has 9 aromatic rings. The predicted molar refractivity (Wildman–Crippen MR) is 206 cm³/mol. The molecule has 0 unspecified atom stereocenters. The molecule has 0 aliphatic carbocycles. The van der Waals surface area contributed by atoms with Crippen molar-refractivity contribution in [1.29, 1.82) is 0 Å². The lowest BCUT2D eigenvalue weighted by Crippen LogP contribution is -2.10. The fraction of sp³-hybridized carbons (Fsp3) is 0.0851. The summed E-state index contributed by atoms with van der Waals surface area (Å²) >= 11 is 0. The Labute approximate surface area is 281 Å². The topological polar surface area (TPSA) is 12.9 Å². The Morgan fingerprint density at radius 3 is 1.54 bits per heavy atom. The molecule has 0 radical (unpaired) electrons. The maximum atomic E-state index is 4.96. The van der Waals surface area contributed by atoms with Crippen LogP contribution in [0.25, 0.3) is 87.9 Å². The highest BCUT2D eigenvalue weighted by molar-refractivity contribution is 6.28. The van der Waals surface area contributed by atoms with E-state index in [0.29, 0.717) is 0 Å². The minimum absolute atomic E-state index is 0.0723. The fourth-order valence-corrected chi connectivity index (χ4v) is 7.35. The van der Waals surface area contributed by atoms with Gasteiger partial charge in [-0.2, -0.15) is 0 Å². The van der Waals surface area contributed by atoms with Gasteiger partial charge in [-0.15, -0.1) is 0 Å². The van der Waals surface area contributed by atoms with E-state index >= 15 is 0 Å². The van der Waals surface area contributed by atoms with Crippen molar-refractivity contribution in [2.45, 2.75) is 26.2 Å². The minimum Gasteiger partial charge on any atom is -0.248 e. The maximum Gasteiger partial charge on any atom is 0.0709 e. The van der Waals surface area contributed by atoms with Crippen LogP contribution in [0.4, 0.5) is 0 Å². The standard InChI is InChI=1S/C47H35N/c1-47(2,3)38-27-36-21-24-39-41(32-15-13-31(14-16-32)30-9-5-4-6-10-30)29-42(40-25-22-37(28-38)45(36)46(39)40)33-17-19-35(20-18-33)44-26-23-34-11-7-8-12-43(34)48-44/h4-29H,1-3H3. The van der Waals surface area contributed by atoms with Gasteiger partial charge in [-0.1, -0.05) is 160 Å². The van der Waals surface area contributed by atoms with E-state index in [2.05, 4.69) is 172 Å². The van der Waals surface area contributed by atoms with E-state index in [9.17, 15) is 0 Å². The molecule has 1 nitrogen and oxygen atoms in total. The van der Waals surface area contributed by atoms with Crippen LogP contribution in [-0.4, -0.2) is 4.98 Å². The second-order valence-corrected chi connectivity index (χ2v) is 14.0. The number of nitrogens with zero attached hydrogens (tertiary/aromatic N) is 1. The van der Waals surface area contributed by atoms with E-state index in [1.54, 1.807) is 0 Å². The van der Waals surface area contributed by atoms with Gasteiger partial charge in [0.05, 0.1) is 11.2 Å². The second kappa shape index (κ2) is 10.9. The lowest BCUT2D eigenvalue weighted by Gasteiger charge is -2.23. The van der Waals surface area contributed by atoms with Crippen LogP contribution in [0.5, 0.6) is 0 Å². The number of para-hydroxylation sites is 1. The van der Waals surface area contributed by atoms with Crippen molar-refractivity contribution in [2.75, 3.05) is 0 Å². The van der Waals surface area contributed by atoms with Gasteiger partial charge in [0.15, 0.2) is 0 Å². The molecule has 0 N–H and O–H groups in total. The van der Waals surface area contributed by atoms with Crippen LogP contribution in [0.3, 0.4) is 0 Å². The number of rotatable bonds is 4. The van der Waals surface area contributed by atoms with Gasteiger partial charge in [0, 0.05) is 10.9 Å². The number of hydrogen-bond donors (Lipinski definition) is 0. The van der Waals surface area contributed by atoms with Gasteiger partial charge >= 0.3 is 0 Å². The van der Waals surface area contributed by atoms with Crippen LogP contribution >= 0.6 is 0 Å². The van der Waals surface area contributed by atoms with Crippen LogP contribution in [-0.2, 0) is 5.41 Å². The number of benzene rings is 8. The Hall–Kier alpha value is -5.79. The SMILES string of the molecule is CC(C)(C)c1cc2ccc3c(-c4ccc(-c5ccccc5)cc4)cc(-c4ccc(-c5ccc6ccccc6n5)cc4)c4ccc(c1)c2c34. The van der Waals surface area contributed by atoms with Crippen molar-refractivity contribution >= 4 is 43.2 Å². The second-order valence-electron chi connectivity index (χ2n) is 14.0. The van der Waals surface area contributed by atoms with Crippen LogP contribution in [0.15, 0.2) is 158 Å². The summed E-state index contributed by atoms with van der Waals surface area (Å²) in [5.41, 5.74) is 12.0. The summed E-state index contributed by atoms with van der Waals surface area (Å²) in [6.45, 7) is 6.89. The van der Waals surface area contributed by atoms with Crippen LogP contribution in [0.2, 0.25) is 0 Å². The van der Waals surface area contributed by atoms with Gasteiger partial charge in [-0.25, -0.2) is 4.98 Å². The Bertz CT molecular complexity index is 2590. The number of aromatic nitrogens is 1. The van der Waals surface area contributed by atoms with Crippen molar-refractivity contribution in [2.24, 2.45) is 0 Å². The first-order valence-corrected chi connectivity index (χ1v) is 16.8. The Morgan fingerprint density at radius 2 is 0.917 bits per heavy atom. The van der Waals surface area contributed by atoms with E-state index in [0.717, 1.165) is 22.2 Å². The molecule has 0 spiro atoms. The molecule has 0 aliphatic rings. The molecule has 8 aromatic carbocycles. The average Bonchev–Trinajstić information content (AvgIpc) is 3.13. The van der Waals surface area contributed by atoms with E-state index in [1.807, 2.05) is 6.07 Å². The smallest absolute Gasteiger partial charge is 0.0709 e. The largest absolute Gasteiger partial charge is 0.248 e. The van der Waals surface area contributed by atoms with E-state index in [-0.39, 0.29) is 5.41 Å². The van der Waals surface area contributed by atoms with Crippen LogP contribution < -0.4 is 0 Å². The molecule has 1 heterocycles. The molecule has 0 fully saturated rings. The zero-order chi connectivity index (χ0) is 32.4. The quantitative estimate of drug-likeness (QED) is 0.180. The first kappa shape index (κ1) is 28.4. The highest BCUT2D eigenvalue weighted by Gasteiger charge is 2.20. The van der Waals surface area contributed by atoms with Crippen molar-refractivity contribution in [3.8, 4) is 44.6 Å². The Balaban J connectivity index is 1.25. The van der Waals surface area contributed by atoms with Gasteiger partial charge in [-0.05, 0) is 94.9 Å². The van der Waals surface area contributed by atoms with E-state index in [1.165, 1.54) is 71.3 Å². The summed E-state index contributed by atoms with van der Waals surface area (Å²) in [7, 11) is 0. The summed E-state index contributed by atoms with van der Waals surface area (Å²) in [5, 5.41) is 9.02. The molecule has 0 saturated carbocycles. The summed E-state index contributed by atoms with van der Waals surface area (Å²) in [6, 6.07) is 57.8. The summed E-state index contributed by atoms with van der Waals surface area (Å²) in [6.07, 6.45) is 0. The van der Waals surface area contributed by atoms with Crippen molar-refractivity contribution in [1.82, 2.24) is 4.98 Å². The molecule has 0 bridgehead atoms. The maximum absolute atomic E-state index is 4.96. The minimum atomic E-state index is 0.0723. The van der Waals surface area contributed by atoms with Crippen molar-refractivity contribution in [3.05, 3.63) is 163 Å². The number of hydrogen-bond acceptors (Lipinski definition) is 1. The molecule has 9 rings (SSSR count). The molecule has 1 aromatic heterocycles. The van der Waals surface area contributed by atoms with E-state index < -0.39 is 0 Å². The van der Waals surface area contributed by atoms with Crippen molar-refractivity contribution < 1.29 is 0 Å². The third-order valence-electron chi connectivity index (χ3n) is 9.98. The lowest BCUT2D eigenvalue weighted by atomic mass is 9.81. The highest BCUT2D eigenvalue weighted by Crippen LogP contribution is 2.45. The van der Waals surface area contributed by atoms with E-state index in [4.69, 9.17) is 4.98 Å². The Kier molecular flexibility index (Phi) is 6.45. The number of pyridine rings is 1. The zero-order valence-electron chi connectivity index (χ0n) is 27.5. The molecule has 48 heavy (non-hydrogen) atoms. The third kappa shape index (κ3) is 4.74.